The second-order valence-corrected chi connectivity index (χ2v) is 6.65. The lowest BCUT2D eigenvalue weighted by Gasteiger charge is -2.26. The zero-order valence-electron chi connectivity index (χ0n) is 13.5. The molecule has 1 aromatic heterocycles. The van der Waals surface area contributed by atoms with E-state index < -0.39 is 5.41 Å². The lowest BCUT2D eigenvalue weighted by molar-refractivity contribution is -0.124. The average molecular weight is 315 g/mol. The number of hydrogen-bond donors (Lipinski definition) is 1. The Hall–Kier alpha value is -2.17. The average Bonchev–Trinajstić information content (AvgIpc) is 3.17. The van der Waals surface area contributed by atoms with Crippen LogP contribution in [-0.4, -0.2) is 21.5 Å². The topological polar surface area (TPSA) is 46.9 Å². The number of nitrogens with zero attached hydrogens (tertiary/aromatic N) is 2. The molecule has 1 saturated carbocycles. The summed E-state index contributed by atoms with van der Waals surface area (Å²) in [5.74, 6) is -0.0879. The maximum Gasteiger partial charge on any atom is 0.231 e. The molecule has 122 valence electrons. The number of nitrogens with one attached hydrogen (secondary N) is 1. The summed E-state index contributed by atoms with van der Waals surface area (Å²) in [6.07, 6.45) is 6.75. The number of carbonyl (C=O) groups is 1. The van der Waals surface area contributed by atoms with E-state index in [1.165, 1.54) is 6.07 Å². The van der Waals surface area contributed by atoms with Gasteiger partial charge in [-0.2, -0.15) is 0 Å². The highest BCUT2D eigenvalue weighted by atomic mass is 19.1. The van der Waals surface area contributed by atoms with Gasteiger partial charge in [0, 0.05) is 30.5 Å². The lowest BCUT2D eigenvalue weighted by atomic mass is 9.93. The third kappa shape index (κ3) is 3.14. The van der Waals surface area contributed by atoms with Crippen LogP contribution in [0.15, 0.2) is 43.0 Å². The molecular formula is C18H22FN3O. The van der Waals surface area contributed by atoms with Crippen molar-refractivity contribution in [1.82, 2.24) is 14.9 Å². The first-order chi connectivity index (χ1) is 11.0. The molecule has 0 bridgehead atoms. The van der Waals surface area contributed by atoms with Gasteiger partial charge in [0.1, 0.15) is 5.82 Å². The highest BCUT2D eigenvalue weighted by molar-refractivity contribution is 5.91. The molecular weight excluding hydrogens is 293 g/mol. The van der Waals surface area contributed by atoms with Crippen LogP contribution in [0.25, 0.3) is 0 Å². The van der Waals surface area contributed by atoms with Gasteiger partial charge in [-0.15, -0.1) is 0 Å². The van der Waals surface area contributed by atoms with Crippen LogP contribution in [-0.2, 0) is 16.8 Å². The zero-order valence-corrected chi connectivity index (χ0v) is 13.5. The van der Waals surface area contributed by atoms with Gasteiger partial charge in [0.2, 0.25) is 5.91 Å². The van der Waals surface area contributed by atoms with E-state index in [-0.39, 0.29) is 23.7 Å². The first-order valence-electron chi connectivity index (χ1n) is 8.04. The molecule has 1 fully saturated rings. The molecule has 5 heteroatoms. The van der Waals surface area contributed by atoms with Crippen LogP contribution >= 0.6 is 0 Å². The maximum atomic E-state index is 14.1. The highest BCUT2D eigenvalue weighted by Crippen LogP contribution is 2.49. The van der Waals surface area contributed by atoms with Gasteiger partial charge in [-0.3, -0.25) is 4.79 Å². The van der Waals surface area contributed by atoms with Crippen LogP contribution in [0.5, 0.6) is 0 Å². The van der Waals surface area contributed by atoms with Crippen LogP contribution in [0.2, 0.25) is 0 Å². The van der Waals surface area contributed by atoms with Crippen molar-refractivity contribution in [3.8, 4) is 0 Å². The molecule has 0 saturated heterocycles. The number of rotatable bonds is 6. The van der Waals surface area contributed by atoms with Crippen LogP contribution in [0.3, 0.4) is 0 Å². The third-order valence-electron chi connectivity index (χ3n) is 4.66. The number of benzene rings is 1. The molecule has 1 aromatic carbocycles. The molecule has 1 N–H and O–H groups in total. The molecule has 3 rings (SSSR count). The zero-order chi connectivity index (χ0) is 16.4. The van der Waals surface area contributed by atoms with E-state index in [0.29, 0.717) is 24.9 Å². The van der Waals surface area contributed by atoms with Gasteiger partial charge in [0.25, 0.3) is 0 Å². The first kappa shape index (κ1) is 15.7. The Kier molecular flexibility index (Phi) is 4.20. The molecule has 0 spiro atoms. The predicted octanol–water partition coefficient (Wildman–Crippen LogP) is 2.89. The van der Waals surface area contributed by atoms with Crippen LogP contribution in [0.4, 0.5) is 4.39 Å². The van der Waals surface area contributed by atoms with Gasteiger partial charge in [-0.1, -0.05) is 32.0 Å². The fraction of sp³-hybridized carbons (Fsp3) is 0.444. The van der Waals surface area contributed by atoms with E-state index in [2.05, 4.69) is 24.1 Å². The summed E-state index contributed by atoms with van der Waals surface area (Å²) >= 11 is 0. The maximum absolute atomic E-state index is 14.1. The molecule has 0 aliphatic heterocycles. The van der Waals surface area contributed by atoms with Gasteiger partial charge >= 0.3 is 0 Å². The summed E-state index contributed by atoms with van der Waals surface area (Å²) in [5, 5.41) is 3.13. The number of aromatic nitrogens is 2. The van der Waals surface area contributed by atoms with Crippen LogP contribution < -0.4 is 5.32 Å². The van der Waals surface area contributed by atoms with E-state index in [4.69, 9.17) is 0 Å². The Labute approximate surface area is 135 Å². The summed E-state index contributed by atoms with van der Waals surface area (Å²) in [6.45, 7) is 4.81. The molecule has 1 heterocycles. The van der Waals surface area contributed by atoms with Crippen molar-refractivity contribution in [3.05, 3.63) is 54.4 Å². The Bertz CT molecular complexity index is 677. The van der Waals surface area contributed by atoms with Gasteiger partial charge in [0.15, 0.2) is 0 Å². The van der Waals surface area contributed by atoms with Crippen molar-refractivity contribution >= 4 is 5.91 Å². The minimum absolute atomic E-state index is 0.0130. The van der Waals surface area contributed by atoms with Crippen molar-refractivity contribution in [2.75, 3.05) is 0 Å². The fourth-order valence-electron chi connectivity index (χ4n) is 2.94. The molecule has 2 aromatic rings. The van der Waals surface area contributed by atoms with Gasteiger partial charge in [-0.05, 0) is 24.8 Å². The van der Waals surface area contributed by atoms with E-state index in [1.54, 1.807) is 30.7 Å². The van der Waals surface area contributed by atoms with E-state index in [9.17, 15) is 9.18 Å². The van der Waals surface area contributed by atoms with Crippen molar-refractivity contribution in [2.24, 2.45) is 5.92 Å². The molecule has 0 radical (unpaired) electrons. The predicted molar refractivity (Wildman–Crippen MR) is 86.3 cm³/mol. The Morgan fingerprint density at radius 1 is 1.39 bits per heavy atom. The Morgan fingerprint density at radius 2 is 2.13 bits per heavy atom. The second kappa shape index (κ2) is 6.14. The number of halogens is 1. The largest absolute Gasteiger partial charge is 0.351 e. The third-order valence-corrected chi connectivity index (χ3v) is 4.66. The van der Waals surface area contributed by atoms with Gasteiger partial charge in [0.05, 0.1) is 11.7 Å². The standard InChI is InChI=1S/C18H22FN3O/c1-13(2)16(11-22-10-9-20-12-22)21-17(23)18(7-8-18)14-5-3-4-6-15(14)19/h3-6,9-10,12-13,16H,7-8,11H2,1-2H3,(H,21,23)/t16-/m1/s1. The monoisotopic (exact) mass is 315 g/mol. The first-order valence-corrected chi connectivity index (χ1v) is 8.04. The van der Waals surface area contributed by atoms with Crippen LogP contribution in [0.1, 0.15) is 32.3 Å². The number of imidazole rings is 1. The molecule has 1 amide bonds. The minimum Gasteiger partial charge on any atom is -0.351 e. The molecule has 0 unspecified atom stereocenters. The normalized spacial score (nSPS) is 17.0. The van der Waals surface area contributed by atoms with Crippen molar-refractivity contribution in [2.45, 2.75) is 44.7 Å². The summed E-state index contributed by atoms with van der Waals surface area (Å²) < 4.78 is 16.0. The highest BCUT2D eigenvalue weighted by Gasteiger charge is 2.53. The summed E-state index contributed by atoms with van der Waals surface area (Å²) in [4.78, 5) is 16.9. The van der Waals surface area contributed by atoms with Crippen molar-refractivity contribution < 1.29 is 9.18 Å². The minimum atomic E-state index is -0.687. The molecule has 1 aliphatic carbocycles. The second-order valence-electron chi connectivity index (χ2n) is 6.65. The molecule has 1 atom stereocenters. The smallest absolute Gasteiger partial charge is 0.231 e. The molecule has 23 heavy (non-hydrogen) atoms. The number of hydrogen-bond acceptors (Lipinski definition) is 2. The quantitative estimate of drug-likeness (QED) is 0.891. The Morgan fingerprint density at radius 3 is 2.70 bits per heavy atom. The molecule has 4 nitrogen and oxygen atoms in total. The lowest BCUT2D eigenvalue weighted by Crippen LogP contribution is -2.46. The number of amides is 1. The summed E-state index contributed by atoms with van der Waals surface area (Å²) in [7, 11) is 0. The molecule has 1 aliphatic rings. The van der Waals surface area contributed by atoms with E-state index >= 15 is 0 Å². The van der Waals surface area contributed by atoms with E-state index in [0.717, 1.165) is 0 Å². The van der Waals surface area contributed by atoms with E-state index in [1.807, 2.05) is 10.8 Å². The van der Waals surface area contributed by atoms with Crippen molar-refractivity contribution in [1.29, 1.82) is 0 Å². The van der Waals surface area contributed by atoms with Gasteiger partial charge in [-0.25, -0.2) is 9.37 Å². The number of carbonyl (C=O) groups excluding carboxylic acids is 1. The summed E-state index contributed by atoms with van der Waals surface area (Å²) in [5.41, 5.74) is -0.171. The fourth-order valence-corrected chi connectivity index (χ4v) is 2.94. The van der Waals surface area contributed by atoms with Crippen LogP contribution in [0, 0.1) is 11.7 Å². The SMILES string of the molecule is CC(C)[C@@H](Cn1ccnc1)NC(=O)C1(c2ccccc2F)CC1. The van der Waals surface area contributed by atoms with Crippen molar-refractivity contribution in [3.63, 3.8) is 0 Å². The summed E-state index contributed by atoms with van der Waals surface area (Å²) in [6, 6.07) is 6.58. The van der Waals surface area contributed by atoms with Gasteiger partial charge < -0.3 is 9.88 Å². The Balaban J connectivity index is 1.75.